The highest BCUT2D eigenvalue weighted by Crippen LogP contribution is 2.13. The van der Waals surface area contributed by atoms with Crippen LogP contribution >= 0.6 is 0 Å². The Hall–Kier alpha value is -2.17. The molecular formula is C10H9NO4. The molecule has 0 heterocycles. The lowest BCUT2D eigenvalue weighted by molar-refractivity contribution is -0.384. The topological polar surface area (TPSA) is 80.4 Å². The third-order valence-electron chi connectivity index (χ3n) is 1.77. The first-order valence-electron chi connectivity index (χ1n) is 4.17. The summed E-state index contributed by atoms with van der Waals surface area (Å²) in [5.41, 5.74) is 0.503. The number of nitro groups is 1. The van der Waals surface area contributed by atoms with Gasteiger partial charge in [0.15, 0.2) is 11.5 Å². The Kier molecular flexibility index (Phi) is 3.17. The number of Topliss-reactive ketones (excluding diaryl/α,β-unsaturated/α-hetero) is 1. The minimum absolute atomic E-state index is 0.0329. The van der Waals surface area contributed by atoms with E-state index < -0.39 is 10.7 Å². The van der Waals surface area contributed by atoms with E-state index in [0.717, 1.165) is 0 Å². The molecule has 1 aromatic carbocycles. The molecular weight excluding hydrogens is 198 g/mol. The summed E-state index contributed by atoms with van der Waals surface area (Å²) in [5.74, 6) is -0.822. The monoisotopic (exact) mass is 207 g/mol. The van der Waals surface area contributed by atoms with Crippen LogP contribution in [0.4, 0.5) is 5.69 Å². The van der Waals surface area contributed by atoms with Gasteiger partial charge in [0.25, 0.3) is 5.69 Å². The van der Waals surface area contributed by atoms with Gasteiger partial charge in [0, 0.05) is 19.1 Å². The summed E-state index contributed by atoms with van der Waals surface area (Å²) < 4.78 is 0. The Morgan fingerprint density at radius 2 is 1.93 bits per heavy atom. The number of allylic oxidation sites excluding steroid dienone is 1. The second-order valence-electron chi connectivity index (χ2n) is 2.93. The molecule has 0 aliphatic heterocycles. The van der Waals surface area contributed by atoms with Crippen molar-refractivity contribution in [2.75, 3.05) is 0 Å². The van der Waals surface area contributed by atoms with Crippen LogP contribution in [0.5, 0.6) is 0 Å². The van der Waals surface area contributed by atoms with Crippen molar-refractivity contribution in [1.29, 1.82) is 0 Å². The van der Waals surface area contributed by atoms with Crippen LogP contribution < -0.4 is 0 Å². The summed E-state index contributed by atoms with van der Waals surface area (Å²) in [6, 6.07) is 5.52. The first-order chi connectivity index (χ1) is 7.00. The third-order valence-corrected chi connectivity index (χ3v) is 1.77. The highest BCUT2D eigenvalue weighted by atomic mass is 16.6. The minimum Gasteiger partial charge on any atom is -0.504 e. The summed E-state index contributed by atoms with van der Waals surface area (Å²) in [4.78, 5) is 20.5. The van der Waals surface area contributed by atoms with Crippen LogP contribution in [-0.4, -0.2) is 15.8 Å². The molecule has 0 unspecified atom stereocenters. The van der Waals surface area contributed by atoms with E-state index in [0.29, 0.717) is 5.56 Å². The normalized spacial score (nSPS) is 11.1. The number of aliphatic hydroxyl groups is 1. The molecule has 1 rings (SSSR count). The number of ketones is 1. The average Bonchev–Trinajstić information content (AvgIpc) is 2.18. The lowest BCUT2D eigenvalue weighted by atomic mass is 10.1. The zero-order valence-corrected chi connectivity index (χ0v) is 8.01. The van der Waals surface area contributed by atoms with Crippen LogP contribution in [0.25, 0.3) is 6.08 Å². The molecule has 0 aromatic heterocycles. The minimum atomic E-state index is -0.516. The predicted octanol–water partition coefficient (Wildman–Crippen LogP) is 2.08. The van der Waals surface area contributed by atoms with Gasteiger partial charge >= 0.3 is 0 Å². The van der Waals surface area contributed by atoms with Crippen LogP contribution in [0.1, 0.15) is 12.5 Å². The fourth-order valence-electron chi connectivity index (χ4n) is 0.952. The number of nitro benzene ring substituents is 1. The Bertz CT molecular complexity index is 420. The Labute approximate surface area is 85.8 Å². The zero-order chi connectivity index (χ0) is 11.4. The van der Waals surface area contributed by atoms with Gasteiger partial charge in [-0.1, -0.05) is 0 Å². The van der Waals surface area contributed by atoms with Gasteiger partial charge in [-0.05, 0) is 23.8 Å². The molecule has 0 aliphatic rings. The van der Waals surface area contributed by atoms with Crippen LogP contribution in [0, 0.1) is 10.1 Å². The van der Waals surface area contributed by atoms with Crippen molar-refractivity contribution in [1.82, 2.24) is 0 Å². The van der Waals surface area contributed by atoms with E-state index in [1.807, 2.05) is 0 Å². The quantitative estimate of drug-likeness (QED) is 0.356. The Morgan fingerprint density at radius 3 is 2.33 bits per heavy atom. The number of rotatable bonds is 3. The molecule has 0 radical (unpaired) electrons. The maximum absolute atomic E-state index is 10.7. The summed E-state index contributed by atoms with van der Waals surface area (Å²) in [5, 5.41) is 19.5. The van der Waals surface area contributed by atoms with Gasteiger partial charge in [-0.2, -0.15) is 0 Å². The van der Waals surface area contributed by atoms with Gasteiger partial charge in [0.2, 0.25) is 0 Å². The van der Waals surface area contributed by atoms with E-state index in [1.165, 1.54) is 37.3 Å². The van der Waals surface area contributed by atoms with E-state index in [1.54, 1.807) is 0 Å². The first-order valence-corrected chi connectivity index (χ1v) is 4.17. The standard InChI is InChI=1S/C10H9NO4/c1-7(12)10(13)6-8-2-4-9(5-3-8)11(14)15/h2-6,13H,1H3/b10-6-. The molecule has 78 valence electrons. The highest BCUT2D eigenvalue weighted by Gasteiger charge is 2.04. The largest absolute Gasteiger partial charge is 0.504 e. The van der Waals surface area contributed by atoms with E-state index >= 15 is 0 Å². The zero-order valence-electron chi connectivity index (χ0n) is 8.01. The number of hydrogen-bond acceptors (Lipinski definition) is 4. The molecule has 15 heavy (non-hydrogen) atoms. The highest BCUT2D eigenvalue weighted by molar-refractivity contribution is 5.95. The fourth-order valence-corrected chi connectivity index (χ4v) is 0.952. The Balaban J connectivity index is 2.95. The lowest BCUT2D eigenvalue weighted by Crippen LogP contribution is -1.94. The van der Waals surface area contributed by atoms with Gasteiger partial charge in [-0.3, -0.25) is 14.9 Å². The molecule has 1 aromatic rings. The summed E-state index contributed by atoms with van der Waals surface area (Å²) in [7, 11) is 0. The maximum Gasteiger partial charge on any atom is 0.269 e. The van der Waals surface area contributed by atoms with Crippen molar-refractivity contribution >= 4 is 17.5 Å². The number of benzene rings is 1. The van der Waals surface area contributed by atoms with E-state index in [9.17, 15) is 14.9 Å². The van der Waals surface area contributed by atoms with Crippen LogP contribution in [0.15, 0.2) is 30.0 Å². The number of carbonyl (C=O) groups is 1. The van der Waals surface area contributed by atoms with E-state index in [4.69, 9.17) is 5.11 Å². The fraction of sp³-hybridized carbons (Fsp3) is 0.100. The van der Waals surface area contributed by atoms with Crippen LogP contribution in [0.3, 0.4) is 0 Å². The van der Waals surface area contributed by atoms with Crippen molar-refractivity contribution < 1.29 is 14.8 Å². The van der Waals surface area contributed by atoms with Crippen molar-refractivity contribution in [3.05, 3.63) is 45.7 Å². The van der Waals surface area contributed by atoms with Gasteiger partial charge in [0.1, 0.15) is 0 Å². The number of aliphatic hydroxyl groups excluding tert-OH is 1. The molecule has 0 spiro atoms. The Morgan fingerprint density at radius 1 is 1.40 bits per heavy atom. The summed E-state index contributed by atoms with van der Waals surface area (Å²) in [6.07, 6.45) is 1.26. The predicted molar refractivity (Wildman–Crippen MR) is 54.4 cm³/mol. The number of carbonyl (C=O) groups excluding carboxylic acids is 1. The van der Waals surface area contributed by atoms with Crippen LogP contribution in [-0.2, 0) is 4.79 Å². The SMILES string of the molecule is CC(=O)/C(O)=C/c1ccc([N+](=O)[O-])cc1. The third kappa shape index (κ3) is 2.91. The van der Waals surface area contributed by atoms with Crippen molar-refractivity contribution in [3.8, 4) is 0 Å². The summed E-state index contributed by atoms with van der Waals surface area (Å²) >= 11 is 0. The molecule has 1 N–H and O–H groups in total. The molecule has 0 atom stereocenters. The maximum atomic E-state index is 10.7. The molecule has 5 heteroatoms. The summed E-state index contributed by atoms with van der Waals surface area (Å²) in [6.45, 7) is 1.23. The molecule has 0 aliphatic carbocycles. The lowest BCUT2D eigenvalue weighted by Gasteiger charge is -1.95. The number of hydrogen-bond donors (Lipinski definition) is 1. The van der Waals surface area contributed by atoms with Gasteiger partial charge in [0.05, 0.1) is 4.92 Å². The molecule has 0 amide bonds. The smallest absolute Gasteiger partial charge is 0.269 e. The number of non-ortho nitro benzene ring substituents is 1. The molecule has 0 bridgehead atoms. The van der Waals surface area contributed by atoms with Gasteiger partial charge < -0.3 is 5.11 Å². The van der Waals surface area contributed by atoms with E-state index in [-0.39, 0.29) is 11.4 Å². The second-order valence-corrected chi connectivity index (χ2v) is 2.93. The molecule has 5 nitrogen and oxygen atoms in total. The second kappa shape index (κ2) is 4.36. The van der Waals surface area contributed by atoms with Gasteiger partial charge in [-0.15, -0.1) is 0 Å². The first kappa shape index (κ1) is 10.9. The van der Waals surface area contributed by atoms with E-state index in [2.05, 4.69) is 0 Å². The van der Waals surface area contributed by atoms with Crippen molar-refractivity contribution in [2.24, 2.45) is 0 Å². The van der Waals surface area contributed by atoms with Crippen LogP contribution in [0.2, 0.25) is 0 Å². The average molecular weight is 207 g/mol. The van der Waals surface area contributed by atoms with Crippen molar-refractivity contribution in [2.45, 2.75) is 6.92 Å². The van der Waals surface area contributed by atoms with Gasteiger partial charge in [-0.25, -0.2) is 0 Å². The molecule has 0 saturated heterocycles. The molecule has 0 fully saturated rings. The number of nitrogens with zero attached hydrogens (tertiary/aromatic N) is 1. The molecule has 0 saturated carbocycles. The van der Waals surface area contributed by atoms with Crippen molar-refractivity contribution in [3.63, 3.8) is 0 Å².